The average molecular weight is 407 g/mol. The average Bonchev–Trinajstić information content (AvgIpc) is 3.49. The molecule has 0 saturated carbocycles. The Labute approximate surface area is 173 Å². The van der Waals surface area contributed by atoms with Gasteiger partial charge in [0.1, 0.15) is 11.0 Å². The molecule has 1 aliphatic rings. The van der Waals surface area contributed by atoms with Crippen LogP contribution in [0.3, 0.4) is 0 Å². The van der Waals surface area contributed by atoms with Crippen LogP contribution in [0.2, 0.25) is 0 Å². The van der Waals surface area contributed by atoms with E-state index in [-0.39, 0.29) is 6.04 Å². The Morgan fingerprint density at radius 1 is 1.14 bits per heavy atom. The van der Waals surface area contributed by atoms with Crippen molar-refractivity contribution in [3.63, 3.8) is 0 Å². The van der Waals surface area contributed by atoms with Crippen molar-refractivity contribution in [3.05, 3.63) is 66.5 Å². The highest BCUT2D eigenvalue weighted by atomic mass is 32.2. The zero-order valence-corrected chi connectivity index (χ0v) is 17.4. The van der Waals surface area contributed by atoms with Crippen LogP contribution in [-0.2, 0) is 18.0 Å². The largest absolute Gasteiger partial charge is 0.361 e. The number of rotatable bonds is 6. The Morgan fingerprint density at radius 3 is 2.83 bits per heavy atom. The van der Waals surface area contributed by atoms with Gasteiger partial charge in [-0.25, -0.2) is 8.93 Å². The van der Waals surface area contributed by atoms with Crippen molar-refractivity contribution in [2.45, 2.75) is 23.8 Å². The van der Waals surface area contributed by atoms with Crippen molar-refractivity contribution in [1.82, 2.24) is 19.2 Å². The number of para-hydroxylation sites is 1. The van der Waals surface area contributed by atoms with Gasteiger partial charge in [0.05, 0.1) is 10.9 Å². The van der Waals surface area contributed by atoms with E-state index >= 15 is 0 Å². The van der Waals surface area contributed by atoms with Gasteiger partial charge in [-0.15, -0.1) is 0 Å². The van der Waals surface area contributed by atoms with Crippen molar-refractivity contribution < 1.29 is 4.21 Å². The number of fused-ring (bicyclic) bond motifs is 2. The van der Waals surface area contributed by atoms with Crippen LogP contribution in [0.1, 0.15) is 24.4 Å². The maximum atomic E-state index is 13.0. The number of likely N-dealkylation sites (tertiary alicyclic amines) is 1. The summed E-state index contributed by atoms with van der Waals surface area (Å²) in [6.45, 7) is 2.85. The molecule has 29 heavy (non-hydrogen) atoms. The molecule has 0 amide bonds. The normalized spacial score (nSPS) is 17.3. The molecular formula is C23H26N4OS. The van der Waals surface area contributed by atoms with Gasteiger partial charge in [-0.3, -0.25) is 4.90 Å². The summed E-state index contributed by atoms with van der Waals surface area (Å²) in [5.74, 6) is 0. The van der Waals surface area contributed by atoms with E-state index in [1.165, 1.54) is 29.3 Å². The first-order chi connectivity index (χ1) is 14.2. The predicted molar refractivity (Wildman–Crippen MR) is 119 cm³/mol. The number of aryl methyl sites for hydroxylation is 1. The number of benzene rings is 2. The van der Waals surface area contributed by atoms with Crippen LogP contribution in [0.4, 0.5) is 0 Å². The van der Waals surface area contributed by atoms with E-state index in [0.717, 1.165) is 28.9 Å². The summed E-state index contributed by atoms with van der Waals surface area (Å²) in [7, 11) is 0.859. The number of aromatic nitrogens is 2. The number of aromatic amines is 1. The predicted octanol–water partition coefficient (Wildman–Crippen LogP) is 4.11. The van der Waals surface area contributed by atoms with Gasteiger partial charge in [0.15, 0.2) is 0 Å². The van der Waals surface area contributed by atoms with Crippen molar-refractivity contribution in [2.24, 2.45) is 7.05 Å². The highest BCUT2D eigenvalue weighted by Gasteiger charge is 2.26. The molecule has 3 heterocycles. The lowest BCUT2D eigenvalue weighted by Crippen LogP contribution is -2.34. The Bertz CT molecular complexity index is 1170. The van der Waals surface area contributed by atoms with Gasteiger partial charge in [0.25, 0.3) is 0 Å². The topological polar surface area (TPSA) is 53.1 Å². The Hall–Kier alpha value is -2.41. The molecule has 1 fully saturated rings. The lowest BCUT2D eigenvalue weighted by Gasteiger charge is -2.27. The van der Waals surface area contributed by atoms with E-state index in [0.29, 0.717) is 6.54 Å². The fraction of sp³-hybridized carbons (Fsp3) is 0.304. The van der Waals surface area contributed by atoms with Gasteiger partial charge in [0, 0.05) is 47.8 Å². The minimum Gasteiger partial charge on any atom is -0.361 e. The van der Waals surface area contributed by atoms with E-state index < -0.39 is 11.0 Å². The summed E-state index contributed by atoms with van der Waals surface area (Å²) >= 11 is 0. The van der Waals surface area contributed by atoms with Gasteiger partial charge >= 0.3 is 0 Å². The van der Waals surface area contributed by atoms with Gasteiger partial charge in [-0.2, -0.15) is 0 Å². The summed E-state index contributed by atoms with van der Waals surface area (Å²) in [5.41, 5.74) is 3.62. The molecule has 0 bridgehead atoms. The van der Waals surface area contributed by atoms with Crippen molar-refractivity contribution >= 4 is 32.8 Å². The summed E-state index contributed by atoms with van der Waals surface area (Å²) in [6.07, 6.45) is 6.61. The third kappa shape index (κ3) is 3.52. The standard InChI is InChI=1S/C23H26N4OS/c1-26-16-20(19-6-2-3-7-22(19)26)23(27-12-4-5-13-27)15-25-29(28)18-8-9-21-17(14-18)10-11-24-21/h2-3,6-11,14,16,23-25H,4-5,12-13,15H2,1H3. The lowest BCUT2D eigenvalue weighted by atomic mass is 10.0. The summed E-state index contributed by atoms with van der Waals surface area (Å²) in [5, 5.41) is 2.37. The zero-order chi connectivity index (χ0) is 19.8. The fourth-order valence-corrected chi connectivity index (χ4v) is 5.41. The van der Waals surface area contributed by atoms with Gasteiger partial charge in [-0.05, 0) is 61.8 Å². The number of hydrogen-bond donors (Lipinski definition) is 2. The molecule has 6 heteroatoms. The first-order valence-corrected chi connectivity index (χ1v) is 11.4. The quantitative estimate of drug-likeness (QED) is 0.506. The molecule has 5 nitrogen and oxygen atoms in total. The third-order valence-corrected chi connectivity index (χ3v) is 7.13. The molecule has 2 atom stereocenters. The second-order valence-corrected chi connectivity index (χ2v) is 9.11. The van der Waals surface area contributed by atoms with Gasteiger partial charge in [-0.1, -0.05) is 18.2 Å². The van der Waals surface area contributed by atoms with Crippen LogP contribution in [0.5, 0.6) is 0 Å². The summed E-state index contributed by atoms with van der Waals surface area (Å²) < 4.78 is 18.5. The second-order valence-electron chi connectivity index (χ2n) is 7.82. The van der Waals surface area contributed by atoms with Crippen molar-refractivity contribution in [2.75, 3.05) is 19.6 Å². The molecule has 2 aromatic heterocycles. The van der Waals surface area contributed by atoms with Gasteiger partial charge in [0.2, 0.25) is 0 Å². The van der Waals surface area contributed by atoms with E-state index in [1.807, 2.05) is 30.5 Å². The molecule has 2 N–H and O–H groups in total. The molecular weight excluding hydrogens is 380 g/mol. The van der Waals surface area contributed by atoms with Crippen LogP contribution >= 0.6 is 0 Å². The molecule has 2 aromatic carbocycles. The van der Waals surface area contributed by atoms with Crippen molar-refractivity contribution in [1.29, 1.82) is 0 Å². The maximum absolute atomic E-state index is 13.0. The van der Waals surface area contributed by atoms with Crippen LogP contribution in [0.15, 0.2) is 65.8 Å². The highest BCUT2D eigenvalue weighted by Crippen LogP contribution is 2.31. The Morgan fingerprint density at radius 2 is 1.97 bits per heavy atom. The fourth-order valence-electron chi connectivity index (χ4n) is 4.51. The minimum atomic E-state index is -1.24. The van der Waals surface area contributed by atoms with E-state index in [2.05, 4.69) is 56.7 Å². The smallest absolute Gasteiger partial charge is 0.124 e. The minimum absolute atomic E-state index is 0.212. The number of nitrogens with zero attached hydrogens (tertiary/aromatic N) is 2. The molecule has 0 spiro atoms. The van der Waals surface area contributed by atoms with Crippen molar-refractivity contribution in [3.8, 4) is 0 Å². The second kappa shape index (κ2) is 7.78. The zero-order valence-electron chi connectivity index (χ0n) is 16.6. The number of hydrogen-bond acceptors (Lipinski definition) is 2. The molecule has 1 saturated heterocycles. The van der Waals surface area contributed by atoms with E-state index in [4.69, 9.17) is 0 Å². The van der Waals surface area contributed by atoms with E-state index in [1.54, 1.807) is 0 Å². The van der Waals surface area contributed by atoms with Crippen LogP contribution < -0.4 is 4.72 Å². The third-order valence-electron chi connectivity index (χ3n) is 6.01. The first-order valence-electron chi connectivity index (χ1n) is 10.2. The number of H-pyrrole nitrogens is 1. The maximum Gasteiger partial charge on any atom is 0.124 e. The van der Waals surface area contributed by atoms with Gasteiger partial charge < -0.3 is 9.55 Å². The SMILES string of the molecule is Cn1cc(C(CNS(=O)c2ccc3[nH]ccc3c2)N2CCCC2)c2ccccc21. The highest BCUT2D eigenvalue weighted by molar-refractivity contribution is 7.83. The monoisotopic (exact) mass is 406 g/mol. The lowest BCUT2D eigenvalue weighted by molar-refractivity contribution is 0.248. The molecule has 2 unspecified atom stereocenters. The Balaban J connectivity index is 1.42. The van der Waals surface area contributed by atoms with Crippen LogP contribution in [-0.4, -0.2) is 38.3 Å². The summed E-state index contributed by atoms with van der Waals surface area (Å²) in [4.78, 5) is 6.53. The first kappa shape index (κ1) is 18.6. The van der Waals surface area contributed by atoms with Crippen LogP contribution in [0, 0.1) is 0 Å². The number of nitrogens with one attached hydrogen (secondary N) is 2. The molecule has 4 aromatic rings. The van der Waals surface area contributed by atoms with E-state index in [9.17, 15) is 4.21 Å². The summed E-state index contributed by atoms with van der Waals surface area (Å²) in [6, 6.07) is 16.7. The van der Waals surface area contributed by atoms with Crippen LogP contribution in [0.25, 0.3) is 21.8 Å². The molecule has 1 aliphatic heterocycles. The molecule has 5 rings (SSSR count). The Kier molecular flexibility index (Phi) is 4.99. The molecule has 150 valence electrons. The molecule has 0 radical (unpaired) electrons. The molecule has 0 aliphatic carbocycles.